The number of hydrogen-bond donors (Lipinski definition) is 2. The molecule has 1 amide bonds. The number of alkyl halides is 2. The van der Waals surface area contributed by atoms with Gasteiger partial charge in [0.2, 0.25) is 0 Å². The van der Waals surface area contributed by atoms with E-state index in [0.717, 1.165) is 96.3 Å². The summed E-state index contributed by atoms with van der Waals surface area (Å²) in [7, 11) is 0. The molecule has 0 radical (unpaired) electrons. The fraction of sp³-hybridized carbons (Fsp3) is 0.676. The predicted molar refractivity (Wildman–Crippen MR) is 335 cm³/mol. The van der Waals surface area contributed by atoms with Crippen LogP contribution in [-0.2, 0) is 58.9 Å². The fourth-order valence-corrected chi connectivity index (χ4v) is 11.0. The lowest BCUT2D eigenvalue weighted by atomic mass is 9.95. The van der Waals surface area contributed by atoms with Gasteiger partial charge in [-0.2, -0.15) is 8.78 Å². The number of benzene rings is 3. The lowest BCUT2D eigenvalue weighted by Gasteiger charge is -2.44. The molecule has 3 aromatic carbocycles. The second-order valence-electron chi connectivity index (χ2n) is 23.7. The van der Waals surface area contributed by atoms with Crippen LogP contribution in [0.25, 0.3) is 0 Å². The van der Waals surface area contributed by atoms with E-state index in [1.165, 1.54) is 70.6 Å². The van der Waals surface area contributed by atoms with Crippen LogP contribution in [0.5, 0.6) is 0 Å². The average Bonchev–Trinajstić information content (AvgIpc) is 2.84. The van der Waals surface area contributed by atoms with Crippen molar-refractivity contribution in [3.05, 3.63) is 108 Å². The molecule has 1 saturated heterocycles. The second-order valence-corrected chi connectivity index (χ2v) is 23.7. The van der Waals surface area contributed by atoms with Crippen molar-refractivity contribution < 1.29 is 71.0 Å². The van der Waals surface area contributed by atoms with E-state index in [4.69, 9.17) is 33.2 Å². The Morgan fingerprint density at radius 2 is 1.01 bits per heavy atom. The Kier molecular flexibility index (Phi) is 38.9. The van der Waals surface area contributed by atoms with E-state index in [9.17, 15) is 29.1 Å². The van der Waals surface area contributed by atoms with Gasteiger partial charge >= 0.3 is 30.0 Å². The van der Waals surface area contributed by atoms with Crippen molar-refractivity contribution in [1.29, 1.82) is 0 Å². The topological polar surface area (TPSA) is 182 Å². The normalized spacial score (nSPS) is 17.1. The maximum atomic E-state index is 16.1. The molecule has 14 nitrogen and oxygen atoms in total. The summed E-state index contributed by atoms with van der Waals surface area (Å²) in [4.78, 5) is 68.8. The Hall–Kier alpha value is -5.45. The number of carbonyl (C=O) groups is 5. The highest BCUT2D eigenvalue weighted by Crippen LogP contribution is 2.31. The largest absolute Gasteiger partial charge is 0.508 e. The smallest absolute Gasteiger partial charge is 0.462 e. The van der Waals surface area contributed by atoms with Gasteiger partial charge in [-0.1, -0.05) is 285 Å². The number of aliphatic hydroxyl groups is 1. The molecule has 16 heteroatoms. The minimum absolute atomic E-state index is 0.0479. The lowest BCUT2D eigenvalue weighted by molar-refractivity contribution is -0.275. The Labute approximate surface area is 519 Å². The van der Waals surface area contributed by atoms with Crippen molar-refractivity contribution in [2.24, 2.45) is 0 Å². The molecule has 3 aromatic rings. The Bertz CT molecular complexity index is 2240. The molecule has 0 unspecified atom stereocenters. The number of halogens is 2. The molecular weight excluding hydrogens is 1110 g/mol. The van der Waals surface area contributed by atoms with Gasteiger partial charge in [-0.05, 0) is 42.4 Å². The molecule has 0 saturated carbocycles. The van der Waals surface area contributed by atoms with Crippen molar-refractivity contribution in [3.8, 4) is 0 Å². The van der Waals surface area contributed by atoms with Crippen LogP contribution in [-0.4, -0.2) is 91.0 Å². The van der Waals surface area contributed by atoms with Gasteiger partial charge in [-0.3, -0.25) is 14.4 Å². The molecule has 1 heterocycles. The molecule has 0 aliphatic carbocycles. The van der Waals surface area contributed by atoms with Crippen LogP contribution in [0, 0.1) is 0 Å². The number of nitrogens with one attached hydrogen (secondary N) is 1. The zero-order valence-corrected chi connectivity index (χ0v) is 53.0. The first-order chi connectivity index (χ1) is 42.3. The first-order valence-electron chi connectivity index (χ1n) is 33.5. The van der Waals surface area contributed by atoms with E-state index in [1.807, 2.05) is 12.1 Å². The highest BCUT2D eigenvalue weighted by atomic mass is 19.3. The van der Waals surface area contributed by atoms with Crippen LogP contribution in [0.1, 0.15) is 262 Å². The van der Waals surface area contributed by atoms with E-state index in [1.54, 1.807) is 78.9 Å². The first-order valence-corrected chi connectivity index (χ1v) is 33.5. The average molecular weight is 1220 g/mol. The number of aliphatic hydroxyl groups excluding tert-OH is 1. The molecule has 1 aliphatic heterocycles. The summed E-state index contributed by atoms with van der Waals surface area (Å²) in [5.41, 5.74) is 1.95. The van der Waals surface area contributed by atoms with Gasteiger partial charge < -0.3 is 43.6 Å². The van der Waals surface area contributed by atoms with Crippen molar-refractivity contribution in [3.63, 3.8) is 0 Å². The molecule has 488 valence electrons. The third-order valence-corrected chi connectivity index (χ3v) is 16.1. The van der Waals surface area contributed by atoms with Crippen molar-refractivity contribution in [2.45, 2.75) is 294 Å². The summed E-state index contributed by atoms with van der Waals surface area (Å²) in [6, 6.07) is 24.9. The van der Waals surface area contributed by atoms with Crippen molar-refractivity contribution >= 4 is 30.0 Å². The van der Waals surface area contributed by atoms with E-state index in [-0.39, 0.29) is 19.4 Å². The molecule has 1 aliphatic rings. The van der Waals surface area contributed by atoms with Crippen LogP contribution < -0.4 is 5.32 Å². The molecule has 2 N–H and O–H groups in total. The third-order valence-electron chi connectivity index (χ3n) is 16.1. The Morgan fingerprint density at radius 3 is 1.52 bits per heavy atom. The number of amides is 1. The summed E-state index contributed by atoms with van der Waals surface area (Å²) in [6.45, 7) is 4.80. The molecule has 1 fully saturated rings. The molecule has 87 heavy (non-hydrogen) atoms. The minimum atomic E-state index is -3.94. The molecule has 0 aromatic heterocycles. The van der Waals surface area contributed by atoms with E-state index in [2.05, 4.69) is 26.1 Å². The van der Waals surface area contributed by atoms with Crippen molar-refractivity contribution in [1.82, 2.24) is 5.32 Å². The van der Waals surface area contributed by atoms with Gasteiger partial charge in [0.25, 0.3) is 5.91 Å². The fourth-order valence-electron chi connectivity index (χ4n) is 11.0. The predicted octanol–water partition coefficient (Wildman–Crippen LogP) is 17.0. The molecule has 6 atom stereocenters. The first kappa shape index (κ1) is 74.0. The standard InChI is InChI=1S/C71H107F2NO13/c1-4-7-10-13-16-19-21-23-26-29-41-50-61(75)84-59(49-40-28-25-22-18-15-12-9-6-3)52-62(76)86-67-64(74-69(79)71(72,73)51-42-30-27-24-20-17-14-11-8-5-2)68(85-60(65(67)78)54-83-70(80)82-53-56-43-34-31-35-44-56)81-55-63(77)87-66(57-45-36-32-37-46-57)58-47-38-33-39-48-58/h31-39,43-48,59-60,64-68,78H,4-30,40-42,49-55H2,1-3H3,(H,74,79)/t59-,60-,64-,65-,67-,68+/m1/s1. The lowest BCUT2D eigenvalue weighted by Crippen LogP contribution is -2.67. The quantitative estimate of drug-likeness (QED) is 0.0310. The van der Waals surface area contributed by atoms with Crippen LogP contribution in [0.4, 0.5) is 13.6 Å². The monoisotopic (exact) mass is 1220 g/mol. The summed E-state index contributed by atoms with van der Waals surface area (Å²) < 4.78 is 73.2. The number of esters is 3. The molecule has 0 spiro atoms. The number of hydrogen-bond acceptors (Lipinski definition) is 13. The van der Waals surface area contributed by atoms with Crippen LogP contribution >= 0.6 is 0 Å². The van der Waals surface area contributed by atoms with E-state index in [0.29, 0.717) is 42.4 Å². The van der Waals surface area contributed by atoms with Gasteiger partial charge in [0.1, 0.15) is 44.2 Å². The van der Waals surface area contributed by atoms with Crippen LogP contribution in [0.2, 0.25) is 0 Å². The van der Waals surface area contributed by atoms with E-state index >= 15 is 8.78 Å². The maximum Gasteiger partial charge on any atom is 0.508 e. The summed E-state index contributed by atoms with van der Waals surface area (Å²) in [6.07, 6.45) is 19.4. The molecule has 0 bridgehead atoms. The zero-order chi connectivity index (χ0) is 62.6. The summed E-state index contributed by atoms with van der Waals surface area (Å²) in [5, 5.41) is 14.4. The van der Waals surface area contributed by atoms with Gasteiger partial charge in [-0.25, -0.2) is 9.59 Å². The van der Waals surface area contributed by atoms with Crippen LogP contribution in [0.15, 0.2) is 91.0 Å². The highest BCUT2D eigenvalue weighted by molar-refractivity contribution is 5.84. The van der Waals surface area contributed by atoms with E-state index < -0.39 is 105 Å². The summed E-state index contributed by atoms with van der Waals surface area (Å²) >= 11 is 0. The van der Waals surface area contributed by atoms with Gasteiger partial charge in [0.15, 0.2) is 18.5 Å². The number of ether oxygens (including phenoxy) is 7. The van der Waals surface area contributed by atoms with Crippen LogP contribution in [0.3, 0.4) is 0 Å². The SMILES string of the molecule is CCCCCCCCCCCCCC(=O)O[C@H](CCCCCCCCCCC)CC(=O)O[C@H]1[C@H](O)[C@@H](COC(=O)OCc2ccccc2)O[C@H](OCC(=O)OC(c2ccccc2)c2ccccc2)[C@@H]1NC(=O)C(F)(F)CCCCCCCCCCCC. The van der Waals surface area contributed by atoms with Gasteiger partial charge in [0, 0.05) is 12.8 Å². The highest BCUT2D eigenvalue weighted by Gasteiger charge is 2.52. The van der Waals surface area contributed by atoms with Crippen molar-refractivity contribution in [2.75, 3.05) is 13.2 Å². The molecule has 4 rings (SSSR count). The van der Waals surface area contributed by atoms with Gasteiger partial charge in [0.05, 0.1) is 6.42 Å². The number of carbonyl (C=O) groups excluding carboxylic acids is 5. The summed E-state index contributed by atoms with van der Waals surface area (Å²) in [5.74, 6) is -8.04. The number of unbranched alkanes of at least 4 members (excludes halogenated alkanes) is 27. The number of rotatable bonds is 49. The molecular formula is C71H107F2NO13. The third kappa shape index (κ3) is 32.0. The van der Waals surface area contributed by atoms with Gasteiger partial charge in [-0.15, -0.1) is 0 Å². The zero-order valence-electron chi connectivity index (χ0n) is 53.0. The minimum Gasteiger partial charge on any atom is -0.462 e. The Morgan fingerprint density at radius 1 is 0.552 bits per heavy atom. The Balaban J connectivity index is 1.58. The second kappa shape index (κ2) is 45.8. The maximum absolute atomic E-state index is 16.1.